The summed E-state index contributed by atoms with van der Waals surface area (Å²) in [5.74, 6) is 1.25. The van der Waals surface area contributed by atoms with Crippen molar-refractivity contribution in [3.63, 3.8) is 0 Å². The van der Waals surface area contributed by atoms with Gasteiger partial charge in [0.2, 0.25) is 0 Å². The van der Waals surface area contributed by atoms with Crippen LogP contribution in [0.15, 0.2) is 12.1 Å². The normalized spacial score (nSPS) is 21.6. The number of methoxy groups -OCH3 is 1. The van der Waals surface area contributed by atoms with E-state index < -0.39 is 0 Å². The summed E-state index contributed by atoms with van der Waals surface area (Å²) in [4.78, 5) is 4.40. The molecule has 1 aliphatic rings. The van der Waals surface area contributed by atoms with Gasteiger partial charge in [0.05, 0.1) is 18.7 Å². The Morgan fingerprint density at radius 3 is 2.58 bits per heavy atom. The Labute approximate surface area is 153 Å². The van der Waals surface area contributed by atoms with Gasteiger partial charge >= 0.3 is 0 Å². The Balaban J connectivity index is 2.06. The van der Waals surface area contributed by atoms with Crippen LogP contribution in [0.3, 0.4) is 0 Å². The van der Waals surface area contributed by atoms with E-state index in [-0.39, 0.29) is 19.1 Å². The Morgan fingerprint density at radius 1 is 1.25 bits per heavy atom. The lowest BCUT2D eigenvalue weighted by Crippen LogP contribution is -2.32. The van der Waals surface area contributed by atoms with Gasteiger partial charge in [0, 0.05) is 49.9 Å². The molecule has 2 N–H and O–H groups in total. The maximum Gasteiger partial charge on any atom is 0.142 e. The summed E-state index contributed by atoms with van der Waals surface area (Å²) >= 11 is 12.3. The highest BCUT2D eigenvalue weighted by Crippen LogP contribution is 2.34. The minimum Gasteiger partial charge on any atom is -0.495 e. The summed E-state index contributed by atoms with van der Waals surface area (Å²) < 4.78 is 5.42. The zero-order chi connectivity index (χ0) is 17.7. The van der Waals surface area contributed by atoms with Crippen molar-refractivity contribution in [2.24, 2.45) is 11.8 Å². The molecule has 1 fully saturated rings. The lowest BCUT2D eigenvalue weighted by Gasteiger charge is -2.23. The summed E-state index contributed by atoms with van der Waals surface area (Å²) in [6, 6.07) is 3.56. The first-order valence-electron chi connectivity index (χ1n) is 8.13. The van der Waals surface area contributed by atoms with Crippen LogP contribution in [0, 0.1) is 11.8 Å². The standard InChI is InChI=1S/C17H26Cl2N2O3/c1-20(3-4-22)7-13-9-21(10-14(13)11-23)8-12-5-15(18)6-16(19)17(12)24-2/h5-6,13-14,22-23H,3-4,7-11H2,1-2H3/t13-,14-/m1/s1. The molecule has 0 aliphatic carbocycles. The van der Waals surface area contributed by atoms with Crippen molar-refractivity contribution in [1.82, 2.24) is 9.80 Å². The van der Waals surface area contributed by atoms with E-state index in [1.807, 2.05) is 13.1 Å². The first-order chi connectivity index (χ1) is 11.5. The summed E-state index contributed by atoms with van der Waals surface area (Å²) in [5.41, 5.74) is 0.955. The van der Waals surface area contributed by atoms with Gasteiger partial charge in [-0.25, -0.2) is 0 Å². The number of halogens is 2. The number of aliphatic hydroxyl groups excluding tert-OH is 2. The van der Waals surface area contributed by atoms with E-state index in [0.29, 0.717) is 34.8 Å². The molecule has 1 saturated heterocycles. The van der Waals surface area contributed by atoms with Crippen LogP contribution in [0.1, 0.15) is 5.56 Å². The number of hydrogen-bond acceptors (Lipinski definition) is 5. The SMILES string of the molecule is COc1c(Cl)cc(Cl)cc1CN1C[C@@H](CN(C)CCO)[C@@H](CO)C1. The molecule has 2 atom stereocenters. The van der Waals surface area contributed by atoms with Gasteiger partial charge in [-0.2, -0.15) is 0 Å². The largest absolute Gasteiger partial charge is 0.495 e. The highest BCUT2D eigenvalue weighted by atomic mass is 35.5. The molecule has 0 spiro atoms. The number of hydrogen-bond donors (Lipinski definition) is 2. The van der Waals surface area contributed by atoms with E-state index >= 15 is 0 Å². The number of ether oxygens (including phenoxy) is 1. The molecule has 0 saturated carbocycles. The average molecular weight is 377 g/mol. The number of likely N-dealkylation sites (tertiary alicyclic amines) is 1. The monoisotopic (exact) mass is 376 g/mol. The van der Waals surface area contributed by atoms with Crippen molar-refractivity contribution >= 4 is 23.2 Å². The maximum absolute atomic E-state index is 9.69. The number of aliphatic hydroxyl groups is 2. The van der Waals surface area contributed by atoms with E-state index in [1.54, 1.807) is 13.2 Å². The van der Waals surface area contributed by atoms with Crippen molar-refractivity contribution in [3.8, 4) is 5.75 Å². The Hall–Kier alpha value is -0.560. The van der Waals surface area contributed by atoms with Gasteiger partial charge in [-0.3, -0.25) is 4.90 Å². The first kappa shape index (κ1) is 19.8. The zero-order valence-electron chi connectivity index (χ0n) is 14.2. The molecule has 0 amide bonds. The maximum atomic E-state index is 9.69. The van der Waals surface area contributed by atoms with Crippen LogP contribution in [-0.2, 0) is 6.54 Å². The van der Waals surface area contributed by atoms with Gasteiger partial charge in [0.15, 0.2) is 0 Å². The van der Waals surface area contributed by atoms with Gasteiger partial charge in [-0.15, -0.1) is 0 Å². The van der Waals surface area contributed by atoms with Crippen LogP contribution < -0.4 is 4.74 Å². The van der Waals surface area contributed by atoms with E-state index in [4.69, 9.17) is 33.0 Å². The molecule has 0 aromatic heterocycles. The lowest BCUT2D eigenvalue weighted by atomic mass is 9.96. The van der Waals surface area contributed by atoms with Gasteiger partial charge in [0.25, 0.3) is 0 Å². The zero-order valence-corrected chi connectivity index (χ0v) is 15.7. The van der Waals surface area contributed by atoms with Crippen LogP contribution in [0.5, 0.6) is 5.75 Å². The van der Waals surface area contributed by atoms with Crippen molar-refractivity contribution in [2.45, 2.75) is 6.54 Å². The number of benzene rings is 1. The lowest BCUT2D eigenvalue weighted by molar-refractivity contribution is 0.160. The average Bonchev–Trinajstić information content (AvgIpc) is 2.88. The van der Waals surface area contributed by atoms with E-state index in [0.717, 1.165) is 25.2 Å². The highest BCUT2D eigenvalue weighted by molar-refractivity contribution is 6.35. The highest BCUT2D eigenvalue weighted by Gasteiger charge is 2.33. The minimum absolute atomic E-state index is 0.148. The smallest absolute Gasteiger partial charge is 0.142 e. The van der Waals surface area contributed by atoms with Crippen LogP contribution >= 0.6 is 23.2 Å². The third-order valence-electron chi connectivity index (χ3n) is 4.60. The van der Waals surface area contributed by atoms with Crippen molar-refractivity contribution in [1.29, 1.82) is 0 Å². The van der Waals surface area contributed by atoms with Crippen molar-refractivity contribution in [2.75, 3.05) is 53.6 Å². The van der Waals surface area contributed by atoms with Crippen LogP contribution in [0.25, 0.3) is 0 Å². The van der Waals surface area contributed by atoms with Crippen LogP contribution in [0.2, 0.25) is 10.0 Å². The van der Waals surface area contributed by atoms with E-state index in [2.05, 4.69) is 9.80 Å². The molecule has 2 rings (SSSR count). The minimum atomic E-state index is 0.148. The summed E-state index contributed by atoms with van der Waals surface area (Å²) in [5, 5.41) is 19.8. The molecule has 1 heterocycles. The van der Waals surface area contributed by atoms with Crippen LogP contribution in [0.4, 0.5) is 0 Å². The fraction of sp³-hybridized carbons (Fsp3) is 0.647. The molecule has 1 aliphatic heterocycles. The molecule has 24 heavy (non-hydrogen) atoms. The number of likely N-dealkylation sites (N-methyl/N-ethyl adjacent to an activating group) is 1. The predicted octanol–water partition coefficient (Wildman–Crippen LogP) is 1.97. The van der Waals surface area contributed by atoms with E-state index in [1.165, 1.54) is 0 Å². The Bertz CT molecular complexity index is 545. The molecule has 5 nitrogen and oxygen atoms in total. The molecule has 1 aromatic carbocycles. The predicted molar refractivity (Wildman–Crippen MR) is 96.9 cm³/mol. The molecule has 1 aromatic rings. The van der Waals surface area contributed by atoms with Crippen LogP contribution in [-0.4, -0.2) is 73.6 Å². The van der Waals surface area contributed by atoms with E-state index in [9.17, 15) is 5.11 Å². The second-order valence-corrected chi connectivity index (χ2v) is 7.31. The van der Waals surface area contributed by atoms with Gasteiger partial charge < -0.3 is 19.8 Å². The molecule has 7 heteroatoms. The third-order valence-corrected chi connectivity index (χ3v) is 5.10. The first-order valence-corrected chi connectivity index (χ1v) is 8.88. The molecule has 0 radical (unpaired) electrons. The van der Waals surface area contributed by atoms with Gasteiger partial charge in [-0.05, 0) is 31.0 Å². The van der Waals surface area contributed by atoms with Crippen molar-refractivity contribution in [3.05, 3.63) is 27.7 Å². The molecule has 0 unspecified atom stereocenters. The summed E-state index contributed by atoms with van der Waals surface area (Å²) in [6.45, 7) is 4.20. The number of rotatable bonds is 8. The summed E-state index contributed by atoms with van der Waals surface area (Å²) in [6.07, 6.45) is 0. The quantitative estimate of drug-likeness (QED) is 0.726. The second-order valence-electron chi connectivity index (χ2n) is 6.46. The second kappa shape index (κ2) is 9.22. The molecule has 136 valence electrons. The topological polar surface area (TPSA) is 56.2 Å². The third kappa shape index (κ3) is 4.97. The number of nitrogens with zero attached hydrogens (tertiary/aromatic N) is 2. The Kier molecular flexibility index (Phi) is 7.60. The molecular weight excluding hydrogens is 351 g/mol. The molecular formula is C17H26Cl2N2O3. The van der Waals surface area contributed by atoms with Gasteiger partial charge in [-0.1, -0.05) is 23.2 Å². The fourth-order valence-electron chi connectivity index (χ4n) is 3.44. The van der Waals surface area contributed by atoms with Crippen molar-refractivity contribution < 1.29 is 14.9 Å². The van der Waals surface area contributed by atoms with Gasteiger partial charge in [0.1, 0.15) is 5.75 Å². The summed E-state index contributed by atoms with van der Waals surface area (Å²) in [7, 11) is 3.60. The fourth-order valence-corrected chi connectivity index (χ4v) is 4.05. The molecule has 0 bridgehead atoms. The Morgan fingerprint density at radius 2 is 1.96 bits per heavy atom.